The lowest BCUT2D eigenvalue weighted by molar-refractivity contribution is 0.0950. The van der Waals surface area contributed by atoms with E-state index in [1.54, 1.807) is 0 Å². The van der Waals surface area contributed by atoms with Gasteiger partial charge in [0.05, 0.1) is 16.8 Å². The molecule has 0 saturated carbocycles. The Morgan fingerprint density at radius 1 is 0.857 bits per heavy atom. The lowest BCUT2D eigenvalue weighted by Gasteiger charge is -2.16. The number of pyridine rings is 1. The molecular formula is C25H22N2O. The molecule has 28 heavy (non-hydrogen) atoms. The predicted octanol–water partition coefficient (Wildman–Crippen LogP) is 5.45. The van der Waals surface area contributed by atoms with Crippen molar-refractivity contribution in [3.05, 3.63) is 101 Å². The molecule has 0 bridgehead atoms. The Kier molecular flexibility index (Phi) is 4.90. The van der Waals surface area contributed by atoms with Gasteiger partial charge >= 0.3 is 0 Å². The van der Waals surface area contributed by atoms with E-state index < -0.39 is 0 Å². The standard InChI is InChI=1S/C25H22N2O/c1-17-10-6-7-13-20(17)16-26-25(28)23-18(2)27-22-15-9-8-14-21(22)24(23)19-11-4-3-5-12-19/h3-15H,16H2,1-2H3,(H,26,28). The summed E-state index contributed by atoms with van der Waals surface area (Å²) in [6.45, 7) is 4.45. The Labute approximate surface area is 165 Å². The van der Waals surface area contributed by atoms with Crippen LogP contribution >= 0.6 is 0 Å². The molecule has 0 unspecified atom stereocenters. The highest BCUT2D eigenvalue weighted by atomic mass is 16.1. The first kappa shape index (κ1) is 17.9. The molecule has 0 aliphatic carbocycles. The van der Waals surface area contributed by atoms with E-state index in [2.05, 4.69) is 18.3 Å². The second-order valence-electron chi connectivity index (χ2n) is 6.94. The van der Waals surface area contributed by atoms with E-state index in [1.165, 1.54) is 5.56 Å². The Morgan fingerprint density at radius 3 is 2.32 bits per heavy atom. The van der Waals surface area contributed by atoms with Crippen LogP contribution in [-0.2, 0) is 6.54 Å². The number of nitrogens with one attached hydrogen (secondary N) is 1. The molecule has 1 amide bonds. The molecule has 0 saturated heterocycles. The molecule has 0 fully saturated rings. The SMILES string of the molecule is Cc1ccccc1CNC(=O)c1c(C)nc2ccccc2c1-c1ccccc1. The number of benzene rings is 3. The van der Waals surface area contributed by atoms with Crippen molar-refractivity contribution in [3.63, 3.8) is 0 Å². The van der Waals surface area contributed by atoms with Crippen molar-refractivity contribution in [1.82, 2.24) is 10.3 Å². The first-order valence-electron chi connectivity index (χ1n) is 9.42. The normalized spacial score (nSPS) is 10.8. The summed E-state index contributed by atoms with van der Waals surface area (Å²) >= 11 is 0. The van der Waals surface area contributed by atoms with Crippen LogP contribution in [0.2, 0.25) is 0 Å². The van der Waals surface area contributed by atoms with E-state index in [0.717, 1.165) is 33.3 Å². The van der Waals surface area contributed by atoms with Crippen molar-refractivity contribution in [2.24, 2.45) is 0 Å². The van der Waals surface area contributed by atoms with Crippen LogP contribution in [0.15, 0.2) is 78.9 Å². The van der Waals surface area contributed by atoms with Crippen molar-refractivity contribution in [2.45, 2.75) is 20.4 Å². The minimum absolute atomic E-state index is 0.0992. The van der Waals surface area contributed by atoms with Crippen LogP contribution in [0.5, 0.6) is 0 Å². The van der Waals surface area contributed by atoms with E-state index in [-0.39, 0.29) is 5.91 Å². The van der Waals surface area contributed by atoms with E-state index >= 15 is 0 Å². The van der Waals surface area contributed by atoms with Gasteiger partial charge in [-0.05, 0) is 36.6 Å². The molecule has 4 aromatic rings. The zero-order valence-electron chi connectivity index (χ0n) is 16.1. The van der Waals surface area contributed by atoms with Crippen molar-refractivity contribution in [2.75, 3.05) is 0 Å². The molecular weight excluding hydrogens is 344 g/mol. The van der Waals surface area contributed by atoms with Crippen molar-refractivity contribution < 1.29 is 4.79 Å². The van der Waals surface area contributed by atoms with Gasteiger partial charge < -0.3 is 5.32 Å². The van der Waals surface area contributed by atoms with Gasteiger partial charge in [0.15, 0.2) is 0 Å². The Hall–Kier alpha value is -3.46. The van der Waals surface area contributed by atoms with Crippen molar-refractivity contribution in [1.29, 1.82) is 0 Å². The second kappa shape index (κ2) is 7.65. The summed E-state index contributed by atoms with van der Waals surface area (Å²) in [4.78, 5) is 17.9. The first-order chi connectivity index (χ1) is 13.6. The molecule has 138 valence electrons. The number of carbonyl (C=O) groups excluding carboxylic acids is 1. The number of aryl methyl sites for hydroxylation is 2. The number of rotatable bonds is 4. The fraction of sp³-hybridized carbons (Fsp3) is 0.120. The fourth-order valence-corrected chi connectivity index (χ4v) is 3.59. The molecule has 0 radical (unpaired) electrons. The minimum Gasteiger partial charge on any atom is -0.348 e. The number of hydrogen-bond acceptors (Lipinski definition) is 2. The highest BCUT2D eigenvalue weighted by Crippen LogP contribution is 2.33. The van der Waals surface area contributed by atoms with Gasteiger partial charge in [-0.25, -0.2) is 0 Å². The summed E-state index contributed by atoms with van der Waals surface area (Å²) in [6, 6.07) is 26.1. The first-order valence-corrected chi connectivity index (χ1v) is 9.42. The third-order valence-electron chi connectivity index (χ3n) is 5.06. The minimum atomic E-state index is -0.0992. The van der Waals surface area contributed by atoms with E-state index in [9.17, 15) is 4.79 Å². The second-order valence-corrected chi connectivity index (χ2v) is 6.94. The number of nitrogens with zero attached hydrogens (tertiary/aromatic N) is 1. The largest absolute Gasteiger partial charge is 0.348 e. The van der Waals surface area contributed by atoms with Gasteiger partial charge in [0.25, 0.3) is 5.91 Å². The number of carbonyl (C=O) groups is 1. The third-order valence-corrected chi connectivity index (χ3v) is 5.06. The lowest BCUT2D eigenvalue weighted by Crippen LogP contribution is -2.25. The van der Waals surface area contributed by atoms with Crippen LogP contribution in [0.4, 0.5) is 0 Å². The van der Waals surface area contributed by atoms with Gasteiger partial charge in [0, 0.05) is 17.5 Å². The summed E-state index contributed by atoms with van der Waals surface area (Å²) in [6.07, 6.45) is 0. The van der Waals surface area contributed by atoms with Crippen molar-refractivity contribution >= 4 is 16.8 Å². The molecule has 0 aliphatic rings. The molecule has 0 atom stereocenters. The highest BCUT2D eigenvalue weighted by molar-refractivity contribution is 6.09. The van der Waals surface area contributed by atoms with Gasteiger partial charge in [-0.3, -0.25) is 9.78 Å². The lowest BCUT2D eigenvalue weighted by atomic mass is 9.94. The van der Waals surface area contributed by atoms with Gasteiger partial charge in [-0.15, -0.1) is 0 Å². The van der Waals surface area contributed by atoms with Crippen LogP contribution in [0.25, 0.3) is 22.0 Å². The maximum absolute atomic E-state index is 13.2. The highest BCUT2D eigenvalue weighted by Gasteiger charge is 2.20. The van der Waals surface area contributed by atoms with E-state index in [0.29, 0.717) is 12.1 Å². The zero-order valence-corrected chi connectivity index (χ0v) is 16.1. The quantitative estimate of drug-likeness (QED) is 0.522. The maximum Gasteiger partial charge on any atom is 0.254 e. The summed E-state index contributed by atoms with van der Waals surface area (Å²) in [5.74, 6) is -0.0992. The van der Waals surface area contributed by atoms with Crippen LogP contribution in [0.3, 0.4) is 0 Å². The molecule has 3 nitrogen and oxygen atoms in total. The van der Waals surface area contributed by atoms with Gasteiger partial charge in [-0.2, -0.15) is 0 Å². The van der Waals surface area contributed by atoms with Crippen LogP contribution in [0, 0.1) is 13.8 Å². The molecule has 0 spiro atoms. The average Bonchev–Trinajstić information content (AvgIpc) is 2.72. The summed E-state index contributed by atoms with van der Waals surface area (Å²) in [7, 11) is 0. The van der Waals surface area contributed by atoms with E-state index in [4.69, 9.17) is 4.98 Å². The van der Waals surface area contributed by atoms with Gasteiger partial charge in [-0.1, -0.05) is 72.8 Å². The number of amides is 1. The zero-order chi connectivity index (χ0) is 19.5. The third kappa shape index (κ3) is 3.39. The molecule has 1 N–H and O–H groups in total. The molecule has 1 aromatic heterocycles. The molecule has 3 aromatic carbocycles. The summed E-state index contributed by atoms with van der Waals surface area (Å²) in [5.41, 5.74) is 6.51. The Balaban J connectivity index is 1.81. The molecule has 1 heterocycles. The van der Waals surface area contributed by atoms with Crippen LogP contribution in [0.1, 0.15) is 27.2 Å². The molecule has 3 heteroatoms. The fourth-order valence-electron chi connectivity index (χ4n) is 3.59. The molecule has 4 rings (SSSR count). The predicted molar refractivity (Wildman–Crippen MR) is 114 cm³/mol. The molecule has 0 aliphatic heterocycles. The van der Waals surface area contributed by atoms with Crippen LogP contribution < -0.4 is 5.32 Å². The topological polar surface area (TPSA) is 42.0 Å². The van der Waals surface area contributed by atoms with E-state index in [1.807, 2.05) is 79.7 Å². The monoisotopic (exact) mass is 366 g/mol. The maximum atomic E-state index is 13.2. The van der Waals surface area contributed by atoms with Gasteiger partial charge in [0.2, 0.25) is 0 Å². The number of para-hydroxylation sites is 1. The van der Waals surface area contributed by atoms with Gasteiger partial charge in [0.1, 0.15) is 0 Å². The average molecular weight is 366 g/mol. The number of hydrogen-bond donors (Lipinski definition) is 1. The summed E-state index contributed by atoms with van der Waals surface area (Å²) in [5, 5.41) is 4.08. The Bertz CT molecular complexity index is 1150. The smallest absolute Gasteiger partial charge is 0.254 e. The number of fused-ring (bicyclic) bond motifs is 1. The number of aromatic nitrogens is 1. The van der Waals surface area contributed by atoms with Crippen LogP contribution in [-0.4, -0.2) is 10.9 Å². The van der Waals surface area contributed by atoms with Crippen molar-refractivity contribution in [3.8, 4) is 11.1 Å². The summed E-state index contributed by atoms with van der Waals surface area (Å²) < 4.78 is 0. The Morgan fingerprint density at radius 2 is 1.54 bits per heavy atom.